The first-order valence-electron chi connectivity index (χ1n) is 8.26. The number of rotatable bonds is 3. The van der Waals surface area contributed by atoms with Gasteiger partial charge in [0, 0.05) is 6.54 Å². The zero-order chi connectivity index (χ0) is 15.7. The average molecular weight is 366 g/mol. The SMILES string of the molecule is CC[C@@]1(CN2CCCCC2)COc2c(Br)cc(C)cc2C1=O. The second-order valence-electron chi connectivity index (χ2n) is 6.71. The number of carbonyl (C=O) groups excluding carboxylic acids is 1. The smallest absolute Gasteiger partial charge is 0.177 e. The highest BCUT2D eigenvalue weighted by atomic mass is 79.9. The number of fused-ring (bicyclic) bond motifs is 1. The van der Waals surface area contributed by atoms with Crippen molar-refractivity contribution in [2.75, 3.05) is 26.2 Å². The summed E-state index contributed by atoms with van der Waals surface area (Å²) in [5.74, 6) is 0.976. The largest absolute Gasteiger partial charge is 0.491 e. The van der Waals surface area contributed by atoms with E-state index in [4.69, 9.17) is 4.74 Å². The molecule has 0 saturated carbocycles. The lowest BCUT2D eigenvalue weighted by atomic mass is 9.76. The van der Waals surface area contributed by atoms with Crippen LogP contribution in [0.4, 0.5) is 0 Å². The molecule has 0 radical (unpaired) electrons. The maximum absolute atomic E-state index is 13.2. The number of benzene rings is 1. The Morgan fingerprint density at radius 3 is 2.68 bits per heavy atom. The number of ether oxygens (including phenoxy) is 1. The topological polar surface area (TPSA) is 29.5 Å². The van der Waals surface area contributed by atoms with Gasteiger partial charge in [0.2, 0.25) is 0 Å². The molecule has 0 aliphatic carbocycles. The zero-order valence-electron chi connectivity index (χ0n) is 13.5. The molecule has 4 heteroatoms. The molecule has 0 aromatic heterocycles. The van der Waals surface area contributed by atoms with Gasteiger partial charge in [0.15, 0.2) is 5.78 Å². The van der Waals surface area contributed by atoms with Gasteiger partial charge in [-0.05, 0) is 72.9 Å². The van der Waals surface area contributed by atoms with Crippen molar-refractivity contribution in [2.24, 2.45) is 5.41 Å². The van der Waals surface area contributed by atoms with Crippen LogP contribution in [0.2, 0.25) is 0 Å². The number of piperidine rings is 1. The van der Waals surface area contributed by atoms with Crippen molar-refractivity contribution in [1.29, 1.82) is 0 Å². The molecule has 1 aromatic rings. The van der Waals surface area contributed by atoms with Crippen molar-refractivity contribution < 1.29 is 9.53 Å². The number of hydrogen-bond donors (Lipinski definition) is 0. The molecule has 0 bridgehead atoms. The lowest BCUT2D eigenvalue weighted by Crippen LogP contribution is -2.50. The highest BCUT2D eigenvalue weighted by Crippen LogP contribution is 2.42. The Hall–Kier alpha value is -0.870. The van der Waals surface area contributed by atoms with E-state index in [-0.39, 0.29) is 5.78 Å². The quantitative estimate of drug-likeness (QED) is 0.803. The molecule has 1 aromatic carbocycles. The number of Topliss-reactive ketones (excluding diaryl/α,β-unsaturated/α-hetero) is 1. The van der Waals surface area contributed by atoms with Gasteiger partial charge < -0.3 is 9.64 Å². The van der Waals surface area contributed by atoms with E-state index >= 15 is 0 Å². The number of hydrogen-bond acceptors (Lipinski definition) is 3. The van der Waals surface area contributed by atoms with Gasteiger partial charge in [-0.25, -0.2) is 0 Å². The van der Waals surface area contributed by atoms with Crippen molar-refractivity contribution >= 4 is 21.7 Å². The number of likely N-dealkylation sites (tertiary alicyclic amines) is 1. The summed E-state index contributed by atoms with van der Waals surface area (Å²) in [6, 6.07) is 3.98. The molecule has 1 fully saturated rings. The van der Waals surface area contributed by atoms with Crippen molar-refractivity contribution in [1.82, 2.24) is 4.90 Å². The van der Waals surface area contributed by atoms with Crippen LogP contribution in [0, 0.1) is 12.3 Å². The highest BCUT2D eigenvalue weighted by molar-refractivity contribution is 9.10. The molecule has 3 nitrogen and oxygen atoms in total. The summed E-state index contributed by atoms with van der Waals surface area (Å²) >= 11 is 3.53. The lowest BCUT2D eigenvalue weighted by molar-refractivity contribution is 0.0414. The van der Waals surface area contributed by atoms with E-state index in [1.807, 2.05) is 19.1 Å². The van der Waals surface area contributed by atoms with Gasteiger partial charge in [-0.2, -0.15) is 0 Å². The molecule has 0 unspecified atom stereocenters. The fourth-order valence-corrected chi connectivity index (χ4v) is 4.33. The summed E-state index contributed by atoms with van der Waals surface area (Å²) < 4.78 is 6.92. The Bertz CT molecular complexity index is 581. The van der Waals surface area contributed by atoms with E-state index in [0.717, 1.165) is 47.4 Å². The van der Waals surface area contributed by atoms with Crippen LogP contribution in [0.5, 0.6) is 5.75 Å². The van der Waals surface area contributed by atoms with Gasteiger partial charge in [-0.15, -0.1) is 0 Å². The van der Waals surface area contributed by atoms with Crippen LogP contribution in [-0.4, -0.2) is 36.9 Å². The first-order chi connectivity index (χ1) is 10.6. The van der Waals surface area contributed by atoms with Crippen LogP contribution in [0.1, 0.15) is 48.5 Å². The Kier molecular flexibility index (Phi) is 4.60. The minimum absolute atomic E-state index is 0.256. The van der Waals surface area contributed by atoms with Gasteiger partial charge in [0.1, 0.15) is 12.4 Å². The highest BCUT2D eigenvalue weighted by Gasteiger charge is 2.44. The molecule has 2 aliphatic heterocycles. The molecular formula is C18H24BrNO2. The van der Waals surface area contributed by atoms with Gasteiger partial charge in [-0.3, -0.25) is 4.79 Å². The fourth-order valence-electron chi connectivity index (χ4n) is 3.64. The first kappa shape index (κ1) is 16.0. The summed E-state index contributed by atoms with van der Waals surface area (Å²) in [7, 11) is 0. The van der Waals surface area contributed by atoms with E-state index in [0.29, 0.717) is 6.61 Å². The van der Waals surface area contributed by atoms with E-state index in [2.05, 4.69) is 27.8 Å². The Balaban J connectivity index is 1.91. The van der Waals surface area contributed by atoms with Gasteiger partial charge >= 0.3 is 0 Å². The summed E-state index contributed by atoms with van der Waals surface area (Å²) in [5, 5.41) is 0. The third kappa shape index (κ3) is 2.83. The van der Waals surface area contributed by atoms with Gasteiger partial charge in [0.05, 0.1) is 15.5 Å². The van der Waals surface area contributed by atoms with Crippen LogP contribution in [-0.2, 0) is 0 Å². The number of halogens is 1. The standard InChI is InChI=1S/C18H24BrNO2/c1-3-18(11-20-7-5-4-6-8-20)12-22-16-14(17(18)21)9-13(2)10-15(16)19/h9-10H,3-8,11-12H2,1-2H3/t18-/m1/s1. The first-order valence-corrected chi connectivity index (χ1v) is 9.05. The summed E-state index contributed by atoms with van der Waals surface area (Å²) in [6.07, 6.45) is 4.63. The Morgan fingerprint density at radius 1 is 1.27 bits per heavy atom. The van der Waals surface area contributed by atoms with Crippen molar-refractivity contribution in [3.63, 3.8) is 0 Å². The molecule has 120 valence electrons. The van der Waals surface area contributed by atoms with Gasteiger partial charge in [-0.1, -0.05) is 13.3 Å². The molecular weight excluding hydrogens is 342 g/mol. The monoisotopic (exact) mass is 365 g/mol. The predicted molar refractivity (Wildman–Crippen MR) is 91.7 cm³/mol. The Morgan fingerprint density at radius 2 is 2.00 bits per heavy atom. The third-order valence-electron chi connectivity index (χ3n) is 5.06. The zero-order valence-corrected chi connectivity index (χ0v) is 15.0. The predicted octanol–water partition coefficient (Wildman–Crippen LogP) is 4.21. The molecule has 3 rings (SSSR count). The van der Waals surface area contributed by atoms with Crippen molar-refractivity contribution in [2.45, 2.75) is 39.5 Å². The van der Waals surface area contributed by atoms with Crippen LogP contribution < -0.4 is 4.74 Å². The maximum atomic E-state index is 13.2. The van der Waals surface area contributed by atoms with E-state index in [1.165, 1.54) is 19.3 Å². The third-order valence-corrected chi connectivity index (χ3v) is 5.65. The van der Waals surface area contributed by atoms with Crippen LogP contribution in [0.25, 0.3) is 0 Å². The average Bonchev–Trinajstić information content (AvgIpc) is 2.51. The number of nitrogens with zero attached hydrogens (tertiary/aromatic N) is 1. The lowest BCUT2D eigenvalue weighted by Gasteiger charge is -2.40. The van der Waals surface area contributed by atoms with Crippen LogP contribution in [0.15, 0.2) is 16.6 Å². The summed E-state index contributed by atoms with van der Waals surface area (Å²) in [4.78, 5) is 15.7. The fraction of sp³-hybridized carbons (Fsp3) is 0.611. The van der Waals surface area contributed by atoms with Crippen LogP contribution >= 0.6 is 15.9 Å². The molecule has 2 heterocycles. The summed E-state index contributed by atoms with van der Waals surface area (Å²) in [6.45, 7) is 7.67. The molecule has 0 amide bonds. The minimum Gasteiger partial charge on any atom is -0.491 e. The minimum atomic E-state index is -0.391. The van der Waals surface area contributed by atoms with Crippen molar-refractivity contribution in [3.8, 4) is 5.75 Å². The molecule has 0 spiro atoms. The maximum Gasteiger partial charge on any atom is 0.177 e. The molecule has 22 heavy (non-hydrogen) atoms. The van der Waals surface area contributed by atoms with E-state index < -0.39 is 5.41 Å². The summed E-state index contributed by atoms with van der Waals surface area (Å²) in [5.41, 5.74) is 1.45. The number of carbonyl (C=O) groups is 1. The van der Waals surface area contributed by atoms with Crippen molar-refractivity contribution in [3.05, 3.63) is 27.7 Å². The van der Waals surface area contributed by atoms with E-state index in [1.54, 1.807) is 0 Å². The van der Waals surface area contributed by atoms with E-state index in [9.17, 15) is 4.79 Å². The molecule has 2 aliphatic rings. The van der Waals surface area contributed by atoms with Crippen LogP contribution in [0.3, 0.4) is 0 Å². The molecule has 1 saturated heterocycles. The number of aryl methyl sites for hydroxylation is 1. The second kappa shape index (κ2) is 6.32. The Labute approximate surface area is 141 Å². The number of ketones is 1. The molecule has 1 atom stereocenters. The normalized spacial score (nSPS) is 25.7. The van der Waals surface area contributed by atoms with Gasteiger partial charge in [0.25, 0.3) is 0 Å². The second-order valence-corrected chi connectivity index (χ2v) is 7.57. The molecule has 0 N–H and O–H groups in total.